The van der Waals surface area contributed by atoms with Crippen LogP contribution >= 0.6 is 0 Å². The summed E-state index contributed by atoms with van der Waals surface area (Å²) in [6, 6.07) is 5.41. The zero-order chi connectivity index (χ0) is 13.3. The van der Waals surface area contributed by atoms with Gasteiger partial charge in [0, 0.05) is 29.7 Å². The lowest BCUT2D eigenvalue weighted by atomic mass is 10.0. The number of aromatic nitrogens is 1. The van der Waals surface area contributed by atoms with Crippen LogP contribution in [0.2, 0.25) is 0 Å². The molecule has 4 heteroatoms. The van der Waals surface area contributed by atoms with Gasteiger partial charge in [-0.3, -0.25) is 0 Å². The molecule has 2 rings (SSSR count). The van der Waals surface area contributed by atoms with Crippen LogP contribution in [0.15, 0.2) is 18.2 Å². The SMILES string of the molecule is CCc1c(C)n(CCN)c2cccc(C(=O)O)c12. The molecule has 0 spiro atoms. The number of carbonyl (C=O) groups is 1. The number of hydrogen-bond acceptors (Lipinski definition) is 2. The maximum Gasteiger partial charge on any atom is 0.336 e. The van der Waals surface area contributed by atoms with Crippen LogP contribution in [0.4, 0.5) is 0 Å². The van der Waals surface area contributed by atoms with E-state index in [-0.39, 0.29) is 0 Å². The van der Waals surface area contributed by atoms with E-state index in [2.05, 4.69) is 4.57 Å². The van der Waals surface area contributed by atoms with Crippen molar-refractivity contribution in [2.24, 2.45) is 5.73 Å². The van der Waals surface area contributed by atoms with Gasteiger partial charge >= 0.3 is 5.97 Å². The molecule has 96 valence electrons. The molecule has 0 aliphatic heterocycles. The van der Waals surface area contributed by atoms with Gasteiger partial charge in [-0.25, -0.2) is 4.79 Å². The first-order valence-electron chi connectivity index (χ1n) is 6.15. The lowest BCUT2D eigenvalue weighted by Gasteiger charge is -2.06. The summed E-state index contributed by atoms with van der Waals surface area (Å²) in [6.07, 6.45) is 0.824. The Labute approximate surface area is 106 Å². The first-order chi connectivity index (χ1) is 8.61. The molecule has 0 aliphatic carbocycles. The molecule has 1 aromatic carbocycles. The Balaban J connectivity index is 2.86. The highest BCUT2D eigenvalue weighted by Gasteiger charge is 2.18. The summed E-state index contributed by atoms with van der Waals surface area (Å²) in [5.41, 5.74) is 9.20. The van der Waals surface area contributed by atoms with Crippen LogP contribution in [0.1, 0.15) is 28.5 Å². The second-order valence-electron chi connectivity index (χ2n) is 4.36. The number of nitrogens with zero attached hydrogens (tertiary/aromatic N) is 1. The molecule has 1 aromatic heterocycles. The summed E-state index contributed by atoms with van der Waals surface area (Å²) in [6.45, 7) is 5.34. The Hall–Kier alpha value is -1.81. The van der Waals surface area contributed by atoms with E-state index in [0.29, 0.717) is 18.7 Å². The molecule has 4 nitrogen and oxygen atoms in total. The van der Waals surface area contributed by atoms with Crippen LogP contribution in [0.25, 0.3) is 10.9 Å². The maximum atomic E-state index is 11.3. The lowest BCUT2D eigenvalue weighted by molar-refractivity contribution is 0.0699. The number of aryl methyl sites for hydroxylation is 1. The molecule has 0 unspecified atom stereocenters. The van der Waals surface area contributed by atoms with E-state index >= 15 is 0 Å². The molecule has 0 bridgehead atoms. The highest BCUT2D eigenvalue weighted by atomic mass is 16.4. The molecule has 0 atom stereocenters. The monoisotopic (exact) mass is 246 g/mol. The van der Waals surface area contributed by atoms with Gasteiger partial charge in [-0.15, -0.1) is 0 Å². The van der Waals surface area contributed by atoms with Crippen molar-refractivity contribution in [3.8, 4) is 0 Å². The molecular weight excluding hydrogens is 228 g/mol. The average Bonchev–Trinajstić information content (AvgIpc) is 2.62. The number of benzene rings is 1. The number of carboxylic acids is 1. The maximum absolute atomic E-state index is 11.3. The largest absolute Gasteiger partial charge is 0.478 e. The molecule has 1 heterocycles. The van der Waals surface area contributed by atoms with Gasteiger partial charge < -0.3 is 15.4 Å². The van der Waals surface area contributed by atoms with E-state index in [1.807, 2.05) is 19.9 Å². The van der Waals surface area contributed by atoms with Gasteiger partial charge in [-0.1, -0.05) is 13.0 Å². The Morgan fingerprint density at radius 1 is 1.44 bits per heavy atom. The van der Waals surface area contributed by atoms with E-state index < -0.39 is 5.97 Å². The second-order valence-corrected chi connectivity index (χ2v) is 4.36. The summed E-state index contributed by atoms with van der Waals surface area (Å²) in [5.74, 6) is -0.875. The molecule has 0 radical (unpaired) electrons. The first-order valence-corrected chi connectivity index (χ1v) is 6.15. The number of carboxylic acid groups (broad SMARTS) is 1. The van der Waals surface area contributed by atoms with Crippen molar-refractivity contribution in [1.82, 2.24) is 4.57 Å². The molecule has 0 aliphatic rings. The third-order valence-corrected chi connectivity index (χ3v) is 3.41. The third-order valence-electron chi connectivity index (χ3n) is 3.41. The van der Waals surface area contributed by atoms with Gasteiger partial charge in [-0.2, -0.15) is 0 Å². The zero-order valence-electron chi connectivity index (χ0n) is 10.7. The number of aromatic carboxylic acids is 1. The summed E-state index contributed by atoms with van der Waals surface area (Å²) < 4.78 is 2.11. The minimum Gasteiger partial charge on any atom is -0.478 e. The van der Waals surface area contributed by atoms with Gasteiger partial charge in [0.25, 0.3) is 0 Å². The zero-order valence-corrected chi connectivity index (χ0v) is 10.7. The van der Waals surface area contributed by atoms with Crippen molar-refractivity contribution in [2.45, 2.75) is 26.8 Å². The molecule has 0 amide bonds. The van der Waals surface area contributed by atoms with Crippen LogP contribution in [0, 0.1) is 6.92 Å². The fraction of sp³-hybridized carbons (Fsp3) is 0.357. The summed E-state index contributed by atoms with van der Waals surface area (Å²) in [4.78, 5) is 11.3. The summed E-state index contributed by atoms with van der Waals surface area (Å²) >= 11 is 0. The number of nitrogens with two attached hydrogens (primary N) is 1. The molecular formula is C14H18N2O2. The molecule has 18 heavy (non-hydrogen) atoms. The van der Waals surface area contributed by atoms with Crippen molar-refractivity contribution in [2.75, 3.05) is 6.54 Å². The van der Waals surface area contributed by atoms with Crippen molar-refractivity contribution < 1.29 is 9.90 Å². The smallest absolute Gasteiger partial charge is 0.336 e. The fourth-order valence-electron chi connectivity index (χ4n) is 2.63. The molecule has 0 saturated heterocycles. The van der Waals surface area contributed by atoms with Gasteiger partial charge in [0.1, 0.15) is 0 Å². The number of hydrogen-bond donors (Lipinski definition) is 2. The average molecular weight is 246 g/mol. The highest BCUT2D eigenvalue weighted by molar-refractivity contribution is 6.05. The van der Waals surface area contributed by atoms with E-state index in [0.717, 1.165) is 28.6 Å². The van der Waals surface area contributed by atoms with Gasteiger partial charge in [0.2, 0.25) is 0 Å². The van der Waals surface area contributed by atoms with Gasteiger partial charge in [0.05, 0.1) is 5.56 Å². The van der Waals surface area contributed by atoms with Crippen LogP contribution in [-0.2, 0) is 13.0 Å². The molecule has 3 N–H and O–H groups in total. The molecule has 0 saturated carbocycles. The predicted octanol–water partition coefficient (Wildman–Crippen LogP) is 2.17. The minimum atomic E-state index is -0.875. The van der Waals surface area contributed by atoms with Crippen LogP contribution in [-0.4, -0.2) is 22.2 Å². The Morgan fingerprint density at radius 2 is 2.17 bits per heavy atom. The minimum absolute atomic E-state index is 0.378. The quantitative estimate of drug-likeness (QED) is 0.868. The fourth-order valence-corrected chi connectivity index (χ4v) is 2.63. The van der Waals surface area contributed by atoms with E-state index in [9.17, 15) is 9.90 Å². The Morgan fingerprint density at radius 3 is 2.72 bits per heavy atom. The Bertz CT molecular complexity index is 599. The Kier molecular flexibility index (Phi) is 3.39. The van der Waals surface area contributed by atoms with Gasteiger partial charge in [0.15, 0.2) is 0 Å². The first kappa shape index (κ1) is 12.6. The van der Waals surface area contributed by atoms with Crippen molar-refractivity contribution in [3.05, 3.63) is 35.0 Å². The predicted molar refractivity (Wildman–Crippen MR) is 72.1 cm³/mol. The second kappa shape index (κ2) is 4.82. The van der Waals surface area contributed by atoms with Crippen molar-refractivity contribution >= 4 is 16.9 Å². The van der Waals surface area contributed by atoms with Gasteiger partial charge in [-0.05, 0) is 31.0 Å². The van der Waals surface area contributed by atoms with E-state index in [1.54, 1.807) is 12.1 Å². The van der Waals surface area contributed by atoms with Crippen molar-refractivity contribution in [3.63, 3.8) is 0 Å². The summed E-state index contributed by atoms with van der Waals surface area (Å²) in [5, 5.41) is 10.2. The highest BCUT2D eigenvalue weighted by Crippen LogP contribution is 2.29. The normalized spacial score (nSPS) is 11.1. The van der Waals surface area contributed by atoms with Crippen LogP contribution in [0.5, 0.6) is 0 Å². The van der Waals surface area contributed by atoms with Crippen LogP contribution < -0.4 is 5.73 Å². The molecule has 0 fully saturated rings. The van der Waals surface area contributed by atoms with Crippen molar-refractivity contribution in [1.29, 1.82) is 0 Å². The van der Waals surface area contributed by atoms with Crippen LogP contribution in [0.3, 0.4) is 0 Å². The lowest BCUT2D eigenvalue weighted by Crippen LogP contribution is -2.11. The number of rotatable bonds is 4. The number of fused-ring (bicyclic) bond motifs is 1. The molecule has 2 aromatic rings. The topological polar surface area (TPSA) is 68.2 Å². The van der Waals surface area contributed by atoms with E-state index in [4.69, 9.17) is 5.73 Å². The third kappa shape index (κ3) is 1.78. The van der Waals surface area contributed by atoms with E-state index in [1.165, 1.54) is 0 Å². The summed E-state index contributed by atoms with van der Waals surface area (Å²) in [7, 11) is 0. The standard InChI is InChI=1S/C14H18N2O2/c1-3-10-9(2)16(8-7-15)12-6-4-5-11(13(10)12)14(17)18/h4-6H,3,7-8,15H2,1-2H3,(H,17,18).